The number of nitrogens with one attached hydrogen (secondary N) is 1. The predicted molar refractivity (Wildman–Crippen MR) is 80.7 cm³/mol. The normalized spacial score (nSPS) is 30.4. The summed E-state index contributed by atoms with van der Waals surface area (Å²) in [5, 5.41) is 0. The molecule has 0 aliphatic carbocycles. The quantitative estimate of drug-likeness (QED) is 0.632. The van der Waals surface area contributed by atoms with Crippen LogP contribution in [0, 0.1) is 5.82 Å². The third-order valence-electron chi connectivity index (χ3n) is 4.44. The lowest BCUT2D eigenvalue weighted by Gasteiger charge is -2.50. The Kier molecular flexibility index (Phi) is 4.37. The van der Waals surface area contributed by atoms with Crippen LogP contribution in [-0.4, -0.2) is 54.6 Å². The molecule has 3 aliphatic rings. The molecule has 3 heterocycles. The molecule has 2 bridgehead atoms. The summed E-state index contributed by atoms with van der Waals surface area (Å²) in [6, 6.07) is 5.81. The number of nitrogens with two attached hydrogens (primary N) is 1. The molecule has 110 valence electrons. The highest BCUT2D eigenvalue weighted by molar-refractivity contribution is 9.10. The van der Waals surface area contributed by atoms with E-state index in [-0.39, 0.29) is 11.9 Å². The Labute approximate surface area is 127 Å². The van der Waals surface area contributed by atoms with E-state index in [1.54, 1.807) is 0 Å². The molecule has 2 atom stereocenters. The molecule has 3 fully saturated rings. The fourth-order valence-corrected chi connectivity index (χ4v) is 3.69. The smallest absolute Gasteiger partial charge is 0.137 e. The van der Waals surface area contributed by atoms with Crippen molar-refractivity contribution in [1.29, 1.82) is 0 Å². The predicted octanol–water partition coefficient (Wildman–Crippen LogP) is 0.962. The zero-order chi connectivity index (χ0) is 14.1. The van der Waals surface area contributed by atoms with Crippen molar-refractivity contribution in [2.45, 2.75) is 18.5 Å². The van der Waals surface area contributed by atoms with E-state index < -0.39 is 0 Å². The van der Waals surface area contributed by atoms with Gasteiger partial charge in [-0.05, 0) is 40.0 Å². The largest absolute Gasteiger partial charge is 0.299 e. The second kappa shape index (κ2) is 6.07. The Hall–Kier alpha value is -0.530. The summed E-state index contributed by atoms with van der Waals surface area (Å²) in [5.41, 5.74) is 4.06. The van der Waals surface area contributed by atoms with Crippen LogP contribution in [0.2, 0.25) is 0 Å². The lowest BCUT2D eigenvalue weighted by Crippen LogP contribution is -2.67. The number of benzene rings is 1. The van der Waals surface area contributed by atoms with Crippen LogP contribution >= 0.6 is 15.9 Å². The van der Waals surface area contributed by atoms with E-state index in [0.29, 0.717) is 10.5 Å². The molecule has 3 N–H and O–H groups in total. The van der Waals surface area contributed by atoms with E-state index in [0.717, 1.165) is 44.7 Å². The first-order valence-electron chi connectivity index (χ1n) is 7.04. The maximum absolute atomic E-state index is 13.3. The fourth-order valence-electron chi connectivity index (χ4n) is 3.27. The molecule has 3 saturated heterocycles. The molecule has 1 aromatic rings. The van der Waals surface area contributed by atoms with E-state index in [1.165, 1.54) is 6.07 Å². The summed E-state index contributed by atoms with van der Waals surface area (Å²) >= 11 is 3.24. The molecule has 0 spiro atoms. The van der Waals surface area contributed by atoms with Crippen molar-refractivity contribution in [1.82, 2.24) is 15.2 Å². The van der Waals surface area contributed by atoms with Gasteiger partial charge in [-0.15, -0.1) is 0 Å². The molecule has 1 aromatic carbocycles. The topological polar surface area (TPSA) is 44.5 Å². The van der Waals surface area contributed by atoms with Gasteiger partial charge in [0.05, 0.1) is 4.47 Å². The van der Waals surface area contributed by atoms with Gasteiger partial charge in [-0.1, -0.05) is 6.07 Å². The first kappa shape index (κ1) is 14.4. The minimum Gasteiger partial charge on any atom is -0.299 e. The van der Waals surface area contributed by atoms with E-state index in [9.17, 15) is 4.39 Å². The standard InChI is InChI=1S/C14H20BrFN4/c15-11-7-10(1-2-12(11)16)8-13(18-17)14-9-19-3-5-20(14)6-4-19/h1-2,7,13-14,18H,3-6,8-9,17H2. The van der Waals surface area contributed by atoms with Crippen LogP contribution in [0.25, 0.3) is 0 Å². The summed E-state index contributed by atoms with van der Waals surface area (Å²) in [7, 11) is 0. The number of hydrogen-bond acceptors (Lipinski definition) is 4. The Balaban J connectivity index is 1.72. The van der Waals surface area contributed by atoms with Gasteiger partial charge in [0.2, 0.25) is 0 Å². The van der Waals surface area contributed by atoms with E-state index in [1.807, 2.05) is 12.1 Å². The zero-order valence-corrected chi connectivity index (χ0v) is 12.9. The highest BCUT2D eigenvalue weighted by Gasteiger charge is 2.36. The Morgan fingerprint density at radius 2 is 2.10 bits per heavy atom. The number of halogens is 2. The molecular formula is C14H20BrFN4. The van der Waals surface area contributed by atoms with Gasteiger partial charge in [-0.3, -0.25) is 21.1 Å². The maximum Gasteiger partial charge on any atom is 0.137 e. The molecule has 4 nitrogen and oxygen atoms in total. The summed E-state index contributed by atoms with van der Waals surface area (Å²) in [6.07, 6.45) is 0.810. The van der Waals surface area contributed by atoms with Crippen LogP contribution in [0.15, 0.2) is 22.7 Å². The van der Waals surface area contributed by atoms with Crippen LogP contribution in [0.4, 0.5) is 4.39 Å². The van der Waals surface area contributed by atoms with Crippen LogP contribution in [0.3, 0.4) is 0 Å². The van der Waals surface area contributed by atoms with Crippen molar-refractivity contribution >= 4 is 15.9 Å². The average molecular weight is 343 g/mol. The SMILES string of the molecule is NNC(Cc1ccc(F)c(Br)c1)C1CN2CCN1CC2. The van der Waals surface area contributed by atoms with Gasteiger partial charge in [0, 0.05) is 44.8 Å². The molecule has 0 saturated carbocycles. The monoisotopic (exact) mass is 342 g/mol. The highest BCUT2D eigenvalue weighted by atomic mass is 79.9. The van der Waals surface area contributed by atoms with Crippen molar-refractivity contribution in [2.24, 2.45) is 5.84 Å². The van der Waals surface area contributed by atoms with Crippen LogP contribution in [0.1, 0.15) is 5.56 Å². The molecule has 0 aromatic heterocycles. The molecule has 0 radical (unpaired) electrons. The van der Waals surface area contributed by atoms with Crippen molar-refractivity contribution in [3.05, 3.63) is 34.1 Å². The van der Waals surface area contributed by atoms with Crippen molar-refractivity contribution < 1.29 is 4.39 Å². The minimum absolute atomic E-state index is 0.190. The van der Waals surface area contributed by atoms with Crippen LogP contribution in [-0.2, 0) is 6.42 Å². The van der Waals surface area contributed by atoms with Gasteiger partial charge in [0.15, 0.2) is 0 Å². The van der Waals surface area contributed by atoms with E-state index in [4.69, 9.17) is 5.84 Å². The fraction of sp³-hybridized carbons (Fsp3) is 0.571. The van der Waals surface area contributed by atoms with Crippen molar-refractivity contribution in [2.75, 3.05) is 32.7 Å². The number of rotatable bonds is 4. The third-order valence-corrected chi connectivity index (χ3v) is 5.05. The van der Waals surface area contributed by atoms with Crippen molar-refractivity contribution in [3.63, 3.8) is 0 Å². The first-order chi connectivity index (χ1) is 9.67. The first-order valence-corrected chi connectivity index (χ1v) is 7.83. The Morgan fingerprint density at radius 3 is 2.65 bits per heavy atom. The van der Waals surface area contributed by atoms with E-state index in [2.05, 4.69) is 31.2 Å². The number of fused-ring (bicyclic) bond motifs is 3. The summed E-state index contributed by atoms with van der Waals surface area (Å²) in [6.45, 7) is 5.63. The summed E-state index contributed by atoms with van der Waals surface area (Å²) in [4.78, 5) is 5.01. The van der Waals surface area contributed by atoms with Gasteiger partial charge in [-0.2, -0.15) is 0 Å². The number of nitrogens with zero attached hydrogens (tertiary/aromatic N) is 2. The van der Waals surface area contributed by atoms with Crippen LogP contribution in [0.5, 0.6) is 0 Å². The lowest BCUT2D eigenvalue weighted by atomic mass is 9.95. The highest BCUT2D eigenvalue weighted by Crippen LogP contribution is 2.22. The molecule has 20 heavy (non-hydrogen) atoms. The number of hydrogen-bond donors (Lipinski definition) is 2. The summed E-state index contributed by atoms with van der Waals surface area (Å²) in [5.74, 6) is 5.55. The average Bonchev–Trinajstić information content (AvgIpc) is 2.49. The molecular weight excluding hydrogens is 323 g/mol. The molecule has 0 amide bonds. The Morgan fingerprint density at radius 1 is 1.35 bits per heavy atom. The van der Waals surface area contributed by atoms with Crippen LogP contribution < -0.4 is 11.3 Å². The van der Waals surface area contributed by atoms with Gasteiger partial charge in [0.25, 0.3) is 0 Å². The number of piperazine rings is 3. The third kappa shape index (κ3) is 2.89. The second-order valence-electron chi connectivity index (χ2n) is 5.63. The van der Waals surface area contributed by atoms with Gasteiger partial charge >= 0.3 is 0 Å². The van der Waals surface area contributed by atoms with E-state index >= 15 is 0 Å². The maximum atomic E-state index is 13.3. The lowest BCUT2D eigenvalue weighted by molar-refractivity contribution is -0.00315. The summed E-state index contributed by atoms with van der Waals surface area (Å²) < 4.78 is 13.8. The van der Waals surface area contributed by atoms with Gasteiger partial charge in [-0.25, -0.2) is 4.39 Å². The Bertz CT molecular complexity index is 476. The number of hydrazine groups is 1. The van der Waals surface area contributed by atoms with Crippen molar-refractivity contribution in [3.8, 4) is 0 Å². The second-order valence-corrected chi connectivity index (χ2v) is 6.48. The zero-order valence-electron chi connectivity index (χ0n) is 11.4. The van der Waals surface area contributed by atoms with Gasteiger partial charge < -0.3 is 0 Å². The van der Waals surface area contributed by atoms with Gasteiger partial charge in [0.1, 0.15) is 5.82 Å². The molecule has 3 aliphatic heterocycles. The molecule has 6 heteroatoms. The molecule has 4 rings (SSSR count). The molecule has 2 unspecified atom stereocenters. The minimum atomic E-state index is -0.224.